The molecule has 0 saturated heterocycles. The smallest absolute Gasteiger partial charge is 0.238 e. The number of hydrogen-bond acceptors (Lipinski definition) is 5. The predicted octanol–water partition coefficient (Wildman–Crippen LogP) is 3.71. The summed E-state index contributed by atoms with van der Waals surface area (Å²) in [6.45, 7) is 0. The number of rotatable bonds is 8. The van der Waals surface area contributed by atoms with Gasteiger partial charge in [-0.15, -0.1) is 0 Å². The van der Waals surface area contributed by atoms with E-state index in [2.05, 4.69) is 5.32 Å². The first-order valence-electron chi connectivity index (χ1n) is 9.18. The fourth-order valence-corrected chi connectivity index (χ4v) is 3.28. The molecule has 3 N–H and O–H groups in total. The Kier molecular flexibility index (Phi) is 6.71. The summed E-state index contributed by atoms with van der Waals surface area (Å²) in [6.07, 6.45) is 0.736. The molecule has 0 aliphatic carbocycles. The van der Waals surface area contributed by atoms with Gasteiger partial charge in [0.05, 0.1) is 12.0 Å². The van der Waals surface area contributed by atoms with E-state index in [9.17, 15) is 13.2 Å². The highest BCUT2D eigenvalue weighted by Gasteiger charge is 2.09. The second kappa shape index (κ2) is 9.43. The van der Waals surface area contributed by atoms with Gasteiger partial charge in [-0.3, -0.25) is 4.79 Å². The van der Waals surface area contributed by atoms with Crippen molar-refractivity contribution in [2.75, 3.05) is 12.4 Å². The van der Waals surface area contributed by atoms with Crippen LogP contribution >= 0.6 is 0 Å². The molecular weight excluding hydrogens is 404 g/mol. The molecule has 0 aromatic heterocycles. The van der Waals surface area contributed by atoms with Gasteiger partial charge in [-0.05, 0) is 60.5 Å². The van der Waals surface area contributed by atoms with Crippen molar-refractivity contribution in [1.82, 2.24) is 0 Å². The van der Waals surface area contributed by atoms with Gasteiger partial charge in [0.25, 0.3) is 0 Å². The molecule has 0 aliphatic heterocycles. The van der Waals surface area contributed by atoms with Crippen LogP contribution in [0.25, 0.3) is 0 Å². The number of carbonyl (C=O) groups is 1. The molecule has 1 amide bonds. The molecule has 0 saturated carbocycles. The van der Waals surface area contributed by atoms with Crippen LogP contribution in [0.5, 0.6) is 17.2 Å². The molecule has 0 atom stereocenters. The van der Waals surface area contributed by atoms with Crippen LogP contribution < -0.4 is 19.9 Å². The average molecular weight is 426 g/mol. The highest BCUT2D eigenvalue weighted by molar-refractivity contribution is 7.89. The van der Waals surface area contributed by atoms with Crippen LogP contribution in [-0.2, 0) is 21.2 Å². The third kappa shape index (κ3) is 5.82. The Bertz CT molecular complexity index is 1110. The van der Waals surface area contributed by atoms with E-state index in [1.807, 2.05) is 24.3 Å². The molecule has 156 valence electrons. The van der Waals surface area contributed by atoms with Gasteiger partial charge < -0.3 is 14.8 Å². The van der Waals surface area contributed by atoms with Gasteiger partial charge in [0, 0.05) is 12.1 Å². The van der Waals surface area contributed by atoms with E-state index < -0.39 is 10.0 Å². The molecule has 0 fully saturated rings. The first kappa shape index (κ1) is 21.4. The van der Waals surface area contributed by atoms with Gasteiger partial charge in [0.15, 0.2) is 11.5 Å². The third-order valence-corrected chi connectivity index (χ3v) is 5.26. The minimum atomic E-state index is -3.72. The van der Waals surface area contributed by atoms with E-state index in [1.165, 1.54) is 12.1 Å². The lowest BCUT2D eigenvalue weighted by Gasteiger charge is -2.11. The van der Waals surface area contributed by atoms with E-state index in [4.69, 9.17) is 14.6 Å². The molecule has 7 nitrogen and oxygen atoms in total. The maximum Gasteiger partial charge on any atom is 0.238 e. The number of carbonyl (C=O) groups excluding carboxylic acids is 1. The van der Waals surface area contributed by atoms with Crippen LogP contribution in [0, 0.1) is 0 Å². The van der Waals surface area contributed by atoms with Crippen molar-refractivity contribution >= 4 is 21.6 Å². The summed E-state index contributed by atoms with van der Waals surface area (Å²) in [6, 6.07) is 20.5. The van der Waals surface area contributed by atoms with Crippen LogP contribution in [0.4, 0.5) is 5.69 Å². The Morgan fingerprint density at radius 1 is 0.933 bits per heavy atom. The van der Waals surface area contributed by atoms with Crippen molar-refractivity contribution in [1.29, 1.82) is 0 Å². The number of benzene rings is 3. The summed E-state index contributed by atoms with van der Waals surface area (Å²) >= 11 is 0. The van der Waals surface area contributed by atoms with Gasteiger partial charge in [-0.2, -0.15) is 0 Å². The molecule has 3 rings (SSSR count). The summed E-state index contributed by atoms with van der Waals surface area (Å²) in [5, 5.41) is 7.90. The molecule has 0 bridgehead atoms. The van der Waals surface area contributed by atoms with Crippen molar-refractivity contribution in [2.45, 2.75) is 17.7 Å². The summed E-state index contributed by atoms with van der Waals surface area (Å²) < 4.78 is 33.6. The third-order valence-electron chi connectivity index (χ3n) is 4.33. The summed E-state index contributed by atoms with van der Waals surface area (Å²) in [5.41, 5.74) is 1.50. The zero-order valence-electron chi connectivity index (χ0n) is 16.4. The molecule has 30 heavy (non-hydrogen) atoms. The second-order valence-corrected chi connectivity index (χ2v) is 8.08. The topological polar surface area (TPSA) is 108 Å². The number of nitrogens with one attached hydrogen (secondary N) is 1. The Morgan fingerprint density at radius 3 is 2.17 bits per heavy atom. The Hall–Kier alpha value is -3.36. The highest BCUT2D eigenvalue weighted by atomic mass is 32.2. The maximum absolute atomic E-state index is 12.2. The van der Waals surface area contributed by atoms with Crippen LogP contribution in [0.1, 0.15) is 12.0 Å². The van der Waals surface area contributed by atoms with E-state index in [1.54, 1.807) is 43.5 Å². The fourth-order valence-electron chi connectivity index (χ4n) is 2.76. The number of anilines is 1. The normalized spacial score (nSPS) is 11.0. The number of amides is 1. The number of hydrogen-bond donors (Lipinski definition) is 2. The lowest BCUT2D eigenvalue weighted by molar-refractivity contribution is -0.116. The molecule has 0 spiro atoms. The van der Waals surface area contributed by atoms with E-state index in [0.717, 1.165) is 5.56 Å². The average Bonchev–Trinajstić information content (AvgIpc) is 2.74. The molecule has 0 unspecified atom stereocenters. The summed E-state index contributed by atoms with van der Waals surface area (Å²) in [4.78, 5) is 12.2. The molecule has 8 heteroatoms. The lowest BCUT2D eigenvalue weighted by Crippen LogP contribution is -2.13. The first-order valence-corrected chi connectivity index (χ1v) is 10.7. The Morgan fingerprint density at radius 2 is 1.57 bits per heavy atom. The number of para-hydroxylation sites is 2. The van der Waals surface area contributed by atoms with Gasteiger partial charge in [-0.1, -0.05) is 24.3 Å². The Balaban J connectivity index is 1.53. The highest BCUT2D eigenvalue weighted by Crippen LogP contribution is 2.31. The van der Waals surface area contributed by atoms with Gasteiger partial charge in [0.1, 0.15) is 5.75 Å². The maximum atomic E-state index is 12.2. The van der Waals surface area contributed by atoms with E-state index in [-0.39, 0.29) is 17.2 Å². The fraction of sp³-hybridized carbons (Fsp3) is 0.136. The van der Waals surface area contributed by atoms with Crippen LogP contribution in [0.2, 0.25) is 0 Å². The number of sulfonamides is 1. The molecule has 0 heterocycles. The molecule has 3 aromatic carbocycles. The quantitative estimate of drug-likeness (QED) is 0.571. The number of methoxy groups -OCH3 is 1. The molecule has 0 aliphatic rings. The lowest BCUT2D eigenvalue weighted by atomic mass is 10.1. The van der Waals surface area contributed by atoms with Gasteiger partial charge in [-0.25, -0.2) is 13.6 Å². The van der Waals surface area contributed by atoms with E-state index >= 15 is 0 Å². The van der Waals surface area contributed by atoms with Crippen molar-refractivity contribution < 1.29 is 22.7 Å². The standard InChI is InChI=1S/C22H22N2O5S/c1-28-20-4-2-3-5-21(20)29-18-11-9-17(10-12-18)24-22(25)15-8-16-6-13-19(14-7-16)30(23,26)27/h2-7,9-14H,8,15H2,1H3,(H,24,25)(H2,23,26,27). The van der Waals surface area contributed by atoms with Crippen LogP contribution in [0.15, 0.2) is 77.7 Å². The monoisotopic (exact) mass is 426 g/mol. The van der Waals surface area contributed by atoms with Crippen molar-refractivity contribution in [3.63, 3.8) is 0 Å². The van der Waals surface area contributed by atoms with Crippen molar-refractivity contribution in [3.05, 3.63) is 78.4 Å². The SMILES string of the molecule is COc1ccccc1Oc1ccc(NC(=O)CCc2ccc(S(N)(=O)=O)cc2)cc1. The number of ether oxygens (including phenoxy) is 2. The van der Waals surface area contributed by atoms with E-state index in [0.29, 0.717) is 29.4 Å². The number of primary sulfonamides is 1. The minimum Gasteiger partial charge on any atom is -0.493 e. The number of aryl methyl sites for hydroxylation is 1. The van der Waals surface area contributed by atoms with Crippen molar-refractivity contribution in [2.24, 2.45) is 5.14 Å². The Labute approximate surface area is 175 Å². The number of nitrogens with two attached hydrogens (primary N) is 1. The van der Waals surface area contributed by atoms with Gasteiger partial charge >= 0.3 is 0 Å². The molecule has 0 radical (unpaired) electrons. The first-order chi connectivity index (χ1) is 14.3. The molecular formula is C22H22N2O5S. The summed E-state index contributed by atoms with van der Waals surface area (Å²) in [5.74, 6) is 1.70. The van der Waals surface area contributed by atoms with Crippen LogP contribution in [-0.4, -0.2) is 21.4 Å². The second-order valence-electron chi connectivity index (χ2n) is 6.51. The molecule has 3 aromatic rings. The zero-order chi connectivity index (χ0) is 21.6. The minimum absolute atomic E-state index is 0.0473. The largest absolute Gasteiger partial charge is 0.493 e. The predicted molar refractivity (Wildman–Crippen MR) is 114 cm³/mol. The van der Waals surface area contributed by atoms with Crippen LogP contribution in [0.3, 0.4) is 0 Å². The zero-order valence-corrected chi connectivity index (χ0v) is 17.2. The summed E-state index contributed by atoms with van der Waals surface area (Å²) in [7, 11) is -2.14. The van der Waals surface area contributed by atoms with Crippen molar-refractivity contribution in [3.8, 4) is 17.2 Å². The van der Waals surface area contributed by atoms with Gasteiger partial charge in [0.2, 0.25) is 15.9 Å².